The maximum atomic E-state index is 2.54. The zero-order valence-corrected chi connectivity index (χ0v) is 21.3. The van der Waals surface area contributed by atoms with Crippen molar-refractivity contribution in [3.05, 3.63) is 145 Å². The molecule has 0 spiro atoms. The minimum atomic E-state index is 0.860. The molecule has 2 nitrogen and oxygen atoms in total. The summed E-state index contributed by atoms with van der Waals surface area (Å²) >= 11 is 0. The first-order valence-corrected chi connectivity index (χ1v) is 13.6. The fourth-order valence-electron chi connectivity index (χ4n) is 6.97. The lowest BCUT2D eigenvalue weighted by molar-refractivity contribution is -0.530. The second-order valence-corrected chi connectivity index (χ2v) is 10.5. The normalized spacial score (nSPS) is 12.5. The van der Waals surface area contributed by atoms with Crippen molar-refractivity contribution in [2.24, 2.45) is 0 Å². The van der Waals surface area contributed by atoms with Crippen molar-refractivity contribution < 1.29 is 8.80 Å². The first kappa shape index (κ1) is 20.9. The van der Waals surface area contributed by atoms with Crippen LogP contribution < -0.4 is 8.80 Å². The van der Waals surface area contributed by atoms with E-state index in [1.54, 1.807) is 0 Å². The summed E-state index contributed by atoms with van der Waals surface area (Å²) in [4.78, 5) is 0. The predicted octanol–water partition coefficient (Wildman–Crippen LogP) is 7.81. The summed E-state index contributed by atoms with van der Waals surface area (Å²) in [5.74, 6) is 0. The smallest absolute Gasteiger partial charge is 0.150 e. The van der Waals surface area contributed by atoms with Crippen molar-refractivity contribution in [2.75, 3.05) is 0 Å². The van der Waals surface area contributed by atoms with Crippen molar-refractivity contribution in [1.29, 1.82) is 0 Å². The molecule has 39 heavy (non-hydrogen) atoms. The van der Waals surface area contributed by atoms with Crippen LogP contribution in [0.2, 0.25) is 0 Å². The third-order valence-electron chi connectivity index (χ3n) is 8.55. The molecule has 0 saturated heterocycles. The largest absolute Gasteiger partial charge is 0.288 e. The average molecular weight is 497 g/mol. The highest BCUT2D eigenvalue weighted by molar-refractivity contribution is 6.12. The molecule has 180 valence electrons. The standard InChI is InChI=1S/C37H24N2/c1-2-12-25-24(11-1)23-36-37-31-18-8-7-17-30(31)35-22-10-21-34(39(35)37)29-16-6-4-14-27(29)26-13-3-5-15-28(26)33-20-9-19-32(25)38(33)36/h1-22H,23H2/q+2. The van der Waals surface area contributed by atoms with Gasteiger partial charge in [0.2, 0.25) is 22.4 Å². The van der Waals surface area contributed by atoms with Crippen molar-refractivity contribution in [3.8, 4) is 33.8 Å². The Morgan fingerprint density at radius 1 is 0.385 bits per heavy atom. The molecule has 0 bridgehead atoms. The Morgan fingerprint density at radius 2 is 0.897 bits per heavy atom. The molecule has 0 saturated carbocycles. The maximum Gasteiger partial charge on any atom is 0.288 e. The minimum Gasteiger partial charge on any atom is -0.150 e. The number of rotatable bonds is 0. The summed E-state index contributed by atoms with van der Waals surface area (Å²) in [6, 6.07) is 49.1. The Balaban J connectivity index is 1.71. The van der Waals surface area contributed by atoms with Gasteiger partial charge in [0.1, 0.15) is 0 Å². The number of aromatic nitrogens is 2. The lowest BCUT2D eigenvalue weighted by Crippen LogP contribution is -2.37. The molecular weight excluding hydrogens is 472 g/mol. The van der Waals surface area contributed by atoms with Crippen LogP contribution in [0.5, 0.6) is 0 Å². The van der Waals surface area contributed by atoms with E-state index in [4.69, 9.17) is 0 Å². The minimum absolute atomic E-state index is 0.860. The third-order valence-corrected chi connectivity index (χ3v) is 8.55. The van der Waals surface area contributed by atoms with Crippen molar-refractivity contribution >= 4 is 32.6 Å². The molecule has 0 unspecified atom stereocenters. The van der Waals surface area contributed by atoms with Crippen LogP contribution >= 0.6 is 0 Å². The van der Waals surface area contributed by atoms with Crippen LogP contribution in [-0.4, -0.2) is 0 Å². The van der Waals surface area contributed by atoms with Gasteiger partial charge in [0, 0.05) is 24.3 Å². The molecule has 0 N–H and O–H groups in total. The lowest BCUT2D eigenvalue weighted by Gasteiger charge is -2.14. The number of nitrogens with zero attached hydrogens (tertiary/aromatic N) is 2. The van der Waals surface area contributed by atoms with E-state index in [2.05, 4.69) is 142 Å². The summed E-state index contributed by atoms with van der Waals surface area (Å²) in [5.41, 5.74) is 12.8. The van der Waals surface area contributed by atoms with E-state index in [0.29, 0.717) is 0 Å². The molecule has 0 amide bonds. The van der Waals surface area contributed by atoms with Gasteiger partial charge in [0.15, 0.2) is 0 Å². The second kappa shape index (κ2) is 7.72. The van der Waals surface area contributed by atoms with Gasteiger partial charge in [-0.05, 0) is 58.8 Å². The maximum absolute atomic E-state index is 2.54. The first-order chi connectivity index (χ1) is 19.4. The number of pyridine rings is 2. The predicted molar refractivity (Wildman–Crippen MR) is 158 cm³/mol. The van der Waals surface area contributed by atoms with Crippen molar-refractivity contribution in [1.82, 2.24) is 0 Å². The molecule has 2 aliphatic heterocycles. The van der Waals surface area contributed by atoms with Crippen LogP contribution in [0.4, 0.5) is 0 Å². The molecule has 9 rings (SSSR count). The van der Waals surface area contributed by atoms with Gasteiger partial charge in [-0.3, -0.25) is 0 Å². The van der Waals surface area contributed by atoms with E-state index in [9.17, 15) is 0 Å². The van der Waals surface area contributed by atoms with Crippen LogP contribution in [0.1, 0.15) is 11.3 Å². The van der Waals surface area contributed by atoms with Crippen LogP contribution in [0.25, 0.3) is 66.4 Å². The highest BCUT2D eigenvalue weighted by atomic mass is 15.0. The zero-order valence-electron chi connectivity index (χ0n) is 21.3. The second-order valence-electron chi connectivity index (χ2n) is 10.5. The lowest BCUT2D eigenvalue weighted by atomic mass is 9.93. The Labute approximate surface area is 226 Å². The zero-order chi connectivity index (χ0) is 25.5. The number of benzene rings is 4. The Morgan fingerprint density at radius 3 is 1.59 bits per heavy atom. The van der Waals surface area contributed by atoms with E-state index in [-0.39, 0.29) is 0 Å². The van der Waals surface area contributed by atoms with E-state index >= 15 is 0 Å². The monoisotopic (exact) mass is 496 g/mol. The molecule has 7 aromatic rings. The summed E-state index contributed by atoms with van der Waals surface area (Å²) in [5, 5.41) is 5.00. The molecule has 0 atom stereocenters. The molecule has 2 heteroatoms. The molecule has 5 heterocycles. The fraction of sp³-hybridized carbons (Fsp3) is 0.0270. The number of fused-ring (bicyclic) bond motifs is 11. The van der Waals surface area contributed by atoms with E-state index < -0.39 is 0 Å². The van der Waals surface area contributed by atoms with Gasteiger partial charge in [-0.15, -0.1) is 4.40 Å². The summed E-state index contributed by atoms with van der Waals surface area (Å²) < 4.78 is 5.06. The van der Waals surface area contributed by atoms with Crippen LogP contribution in [0, 0.1) is 0 Å². The molecule has 0 aliphatic carbocycles. The van der Waals surface area contributed by atoms with Crippen LogP contribution in [-0.2, 0) is 6.42 Å². The van der Waals surface area contributed by atoms with E-state index in [0.717, 1.165) is 6.42 Å². The van der Waals surface area contributed by atoms with Gasteiger partial charge in [0.25, 0.3) is 11.4 Å². The van der Waals surface area contributed by atoms with Crippen LogP contribution in [0.3, 0.4) is 0 Å². The molecule has 0 radical (unpaired) electrons. The number of hydrogen-bond acceptors (Lipinski definition) is 0. The van der Waals surface area contributed by atoms with Crippen molar-refractivity contribution in [3.63, 3.8) is 0 Å². The van der Waals surface area contributed by atoms with E-state index in [1.807, 2.05) is 0 Å². The number of hydrogen-bond donors (Lipinski definition) is 0. The van der Waals surface area contributed by atoms with Crippen LogP contribution in [0.15, 0.2) is 133 Å². The summed E-state index contributed by atoms with van der Waals surface area (Å²) in [6.07, 6.45) is 0.860. The highest BCUT2D eigenvalue weighted by Crippen LogP contribution is 2.39. The molecule has 2 aliphatic rings. The summed E-state index contributed by atoms with van der Waals surface area (Å²) in [6.45, 7) is 0. The third kappa shape index (κ3) is 2.75. The Bertz CT molecular complexity index is 2260. The van der Waals surface area contributed by atoms with Gasteiger partial charge in [-0.1, -0.05) is 66.7 Å². The molecule has 3 aromatic heterocycles. The first-order valence-electron chi connectivity index (χ1n) is 13.6. The van der Waals surface area contributed by atoms with Gasteiger partial charge in [-0.2, -0.15) is 4.40 Å². The van der Waals surface area contributed by atoms with Crippen molar-refractivity contribution in [2.45, 2.75) is 6.42 Å². The van der Waals surface area contributed by atoms with Gasteiger partial charge < -0.3 is 0 Å². The topological polar surface area (TPSA) is 8.20 Å². The Kier molecular flexibility index (Phi) is 4.14. The molecule has 0 fully saturated rings. The van der Waals surface area contributed by atoms with Gasteiger partial charge >= 0.3 is 0 Å². The SMILES string of the molecule is c1ccc2c(c1)Cc1c3[n+]4c(cccc4c4ccccc4c4ccccc4c4cccc-2[n+]14)-c1ccccc1-3. The average Bonchev–Trinajstić information content (AvgIpc) is 3.35. The molecule has 4 aromatic carbocycles. The quantitative estimate of drug-likeness (QED) is 0.189. The highest BCUT2D eigenvalue weighted by Gasteiger charge is 2.39. The van der Waals surface area contributed by atoms with Gasteiger partial charge in [-0.25, -0.2) is 0 Å². The summed E-state index contributed by atoms with van der Waals surface area (Å²) in [7, 11) is 0. The fourth-order valence-corrected chi connectivity index (χ4v) is 6.97. The molecular formula is C37H24N2+2. The van der Waals surface area contributed by atoms with E-state index in [1.165, 1.54) is 77.6 Å². The Hall–Kier alpha value is -5.08. The van der Waals surface area contributed by atoms with Gasteiger partial charge in [0.05, 0.1) is 33.9 Å².